The lowest BCUT2D eigenvalue weighted by molar-refractivity contribution is 0.0928. The van der Waals surface area contributed by atoms with Crippen molar-refractivity contribution in [1.29, 1.82) is 0 Å². The van der Waals surface area contributed by atoms with Crippen molar-refractivity contribution in [3.8, 4) is 0 Å². The first-order valence-electron chi connectivity index (χ1n) is 7.15. The number of nitrogens with zero attached hydrogens (tertiary/aromatic N) is 1. The molecule has 0 aliphatic heterocycles. The third-order valence-corrected chi connectivity index (χ3v) is 3.89. The van der Waals surface area contributed by atoms with Crippen molar-refractivity contribution in [3.05, 3.63) is 29.6 Å². The molecule has 19 heavy (non-hydrogen) atoms. The first-order chi connectivity index (χ1) is 9.19. The molecule has 1 saturated carbocycles. The van der Waals surface area contributed by atoms with Crippen LogP contribution in [0, 0.1) is 5.92 Å². The van der Waals surface area contributed by atoms with E-state index in [1.54, 1.807) is 12.3 Å². The van der Waals surface area contributed by atoms with E-state index >= 15 is 0 Å². The number of nitrogens with two attached hydrogens (primary N) is 1. The van der Waals surface area contributed by atoms with Crippen molar-refractivity contribution in [2.45, 2.75) is 51.6 Å². The van der Waals surface area contributed by atoms with Crippen LogP contribution in [0.2, 0.25) is 0 Å². The van der Waals surface area contributed by atoms with Gasteiger partial charge in [-0.2, -0.15) is 0 Å². The fourth-order valence-corrected chi connectivity index (χ4v) is 2.57. The number of nitrogens with one attached hydrogen (secondary N) is 1. The number of pyridine rings is 1. The van der Waals surface area contributed by atoms with E-state index in [1.165, 1.54) is 19.3 Å². The van der Waals surface area contributed by atoms with Gasteiger partial charge in [-0.3, -0.25) is 9.78 Å². The molecule has 0 spiro atoms. The van der Waals surface area contributed by atoms with Gasteiger partial charge in [-0.05, 0) is 36.8 Å². The van der Waals surface area contributed by atoms with Crippen LogP contribution in [0.3, 0.4) is 0 Å². The predicted molar refractivity (Wildman–Crippen MR) is 75.6 cm³/mol. The maximum absolute atomic E-state index is 12.1. The van der Waals surface area contributed by atoms with Gasteiger partial charge in [0.2, 0.25) is 0 Å². The smallest absolute Gasteiger partial charge is 0.270 e. The maximum atomic E-state index is 12.1. The Balaban J connectivity index is 1.92. The molecule has 1 aliphatic rings. The van der Waals surface area contributed by atoms with Crippen LogP contribution < -0.4 is 11.1 Å². The summed E-state index contributed by atoms with van der Waals surface area (Å²) in [4.78, 5) is 16.3. The Labute approximate surface area is 114 Å². The lowest BCUT2D eigenvalue weighted by Gasteiger charge is -2.16. The van der Waals surface area contributed by atoms with Gasteiger partial charge in [-0.25, -0.2) is 0 Å². The fraction of sp³-hybridized carbons (Fsp3) is 0.600. The fourth-order valence-electron chi connectivity index (χ4n) is 2.57. The van der Waals surface area contributed by atoms with E-state index in [2.05, 4.69) is 17.2 Å². The second kappa shape index (κ2) is 6.66. The standard InChI is InChI=1S/C15H23N3O/c1-11-3-2-4-13(7-5-11)18-15(19)14-8-6-12(9-16)10-17-14/h6,8,10-11,13H,2-5,7,9,16H2,1H3,(H,18,19). The molecule has 1 aliphatic carbocycles. The van der Waals surface area contributed by atoms with E-state index in [9.17, 15) is 4.79 Å². The Hall–Kier alpha value is -1.42. The summed E-state index contributed by atoms with van der Waals surface area (Å²) in [7, 11) is 0. The summed E-state index contributed by atoms with van der Waals surface area (Å²) in [6.45, 7) is 2.74. The van der Waals surface area contributed by atoms with Crippen LogP contribution in [0.5, 0.6) is 0 Å². The Bertz CT molecular complexity index is 416. The molecule has 1 heterocycles. The number of aromatic nitrogens is 1. The molecule has 1 aromatic heterocycles. The molecule has 0 aromatic carbocycles. The van der Waals surface area contributed by atoms with Gasteiger partial charge in [0.1, 0.15) is 5.69 Å². The molecule has 0 bridgehead atoms. The van der Waals surface area contributed by atoms with Gasteiger partial charge in [0.25, 0.3) is 5.91 Å². The molecule has 1 fully saturated rings. The topological polar surface area (TPSA) is 68.0 Å². The highest BCUT2D eigenvalue weighted by Gasteiger charge is 2.18. The largest absolute Gasteiger partial charge is 0.348 e. The molecule has 0 saturated heterocycles. The zero-order chi connectivity index (χ0) is 13.7. The lowest BCUT2D eigenvalue weighted by atomic mass is 10.0. The van der Waals surface area contributed by atoms with Crippen LogP contribution in [0.25, 0.3) is 0 Å². The average Bonchev–Trinajstić information content (AvgIpc) is 2.64. The van der Waals surface area contributed by atoms with E-state index in [1.807, 2.05) is 6.07 Å². The second-order valence-electron chi connectivity index (χ2n) is 5.54. The lowest BCUT2D eigenvalue weighted by Crippen LogP contribution is -2.34. The average molecular weight is 261 g/mol. The summed E-state index contributed by atoms with van der Waals surface area (Å²) >= 11 is 0. The summed E-state index contributed by atoms with van der Waals surface area (Å²) in [5.41, 5.74) is 6.94. The van der Waals surface area contributed by atoms with Gasteiger partial charge in [0, 0.05) is 18.8 Å². The Kier molecular flexibility index (Phi) is 4.91. The summed E-state index contributed by atoms with van der Waals surface area (Å²) in [5.74, 6) is 0.715. The number of carbonyl (C=O) groups excluding carboxylic acids is 1. The molecule has 2 rings (SSSR count). The molecule has 2 unspecified atom stereocenters. The van der Waals surface area contributed by atoms with Crippen LogP contribution in [0.4, 0.5) is 0 Å². The van der Waals surface area contributed by atoms with Crippen LogP contribution >= 0.6 is 0 Å². The van der Waals surface area contributed by atoms with Gasteiger partial charge in [-0.15, -0.1) is 0 Å². The summed E-state index contributed by atoms with van der Waals surface area (Å²) in [5, 5.41) is 3.10. The molecular weight excluding hydrogens is 238 g/mol. The highest BCUT2D eigenvalue weighted by Crippen LogP contribution is 2.22. The van der Waals surface area contributed by atoms with Crippen molar-refractivity contribution in [2.24, 2.45) is 11.7 Å². The van der Waals surface area contributed by atoms with Crippen molar-refractivity contribution >= 4 is 5.91 Å². The van der Waals surface area contributed by atoms with Gasteiger partial charge in [0.15, 0.2) is 0 Å². The van der Waals surface area contributed by atoms with E-state index in [0.29, 0.717) is 18.3 Å². The molecule has 4 nitrogen and oxygen atoms in total. The third kappa shape index (κ3) is 4.03. The molecule has 0 radical (unpaired) electrons. The summed E-state index contributed by atoms with van der Waals surface area (Å²) in [6.07, 6.45) is 7.50. The zero-order valence-electron chi connectivity index (χ0n) is 11.6. The van der Waals surface area contributed by atoms with Crippen molar-refractivity contribution in [2.75, 3.05) is 0 Å². The quantitative estimate of drug-likeness (QED) is 0.820. The molecule has 104 valence electrons. The van der Waals surface area contributed by atoms with Crippen LogP contribution in [0.1, 0.15) is 55.1 Å². The van der Waals surface area contributed by atoms with Crippen molar-refractivity contribution in [3.63, 3.8) is 0 Å². The normalized spacial score (nSPS) is 23.7. The monoisotopic (exact) mass is 261 g/mol. The van der Waals surface area contributed by atoms with Crippen LogP contribution in [0.15, 0.2) is 18.3 Å². The molecule has 2 atom stereocenters. The number of rotatable bonds is 3. The summed E-state index contributed by atoms with van der Waals surface area (Å²) < 4.78 is 0. The Morgan fingerprint density at radius 3 is 2.89 bits per heavy atom. The molecular formula is C15H23N3O. The third-order valence-electron chi connectivity index (χ3n) is 3.89. The first kappa shape index (κ1) is 14.0. The predicted octanol–water partition coefficient (Wildman–Crippen LogP) is 2.24. The first-order valence-corrected chi connectivity index (χ1v) is 7.15. The number of amides is 1. The second-order valence-corrected chi connectivity index (χ2v) is 5.54. The van der Waals surface area contributed by atoms with Crippen LogP contribution in [-0.4, -0.2) is 16.9 Å². The van der Waals surface area contributed by atoms with Gasteiger partial charge in [-0.1, -0.05) is 25.8 Å². The van der Waals surface area contributed by atoms with E-state index in [-0.39, 0.29) is 5.91 Å². The van der Waals surface area contributed by atoms with Crippen LogP contribution in [-0.2, 0) is 6.54 Å². The maximum Gasteiger partial charge on any atom is 0.270 e. The molecule has 1 amide bonds. The van der Waals surface area contributed by atoms with Crippen molar-refractivity contribution < 1.29 is 4.79 Å². The molecule has 4 heteroatoms. The Morgan fingerprint density at radius 1 is 1.37 bits per heavy atom. The van der Waals surface area contributed by atoms with Gasteiger partial charge < -0.3 is 11.1 Å². The molecule has 3 N–H and O–H groups in total. The SMILES string of the molecule is CC1CCCC(NC(=O)c2ccc(CN)cn2)CC1. The Morgan fingerprint density at radius 2 is 2.21 bits per heavy atom. The van der Waals surface area contributed by atoms with E-state index in [4.69, 9.17) is 5.73 Å². The zero-order valence-corrected chi connectivity index (χ0v) is 11.6. The summed E-state index contributed by atoms with van der Waals surface area (Å²) in [6, 6.07) is 3.90. The van der Waals surface area contributed by atoms with Crippen molar-refractivity contribution in [1.82, 2.24) is 10.3 Å². The highest BCUT2D eigenvalue weighted by molar-refractivity contribution is 5.92. The van der Waals surface area contributed by atoms with E-state index < -0.39 is 0 Å². The number of carbonyl (C=O) groups is 1. The minimum absolute atomic E-state index is 0.0666. The van der Waals surface area contributed by atoms with E-state index in [0.717, 1.165) is 24.3 Å². The number of hydrogen-bond donors (Lipinski definition) is 2. The van der Waals surface area contributed by atoms with Gasteiger partial charge in [0.05, 0.1) is 0 Å². The molecule has 1 aromatic rings. The minimum atomic E-state index is -0.0666. The minimum Gasteiger partial charge on any atom is -0.348 e. The van der Waals surface area contributed by atoms with Gasteiger partial charge >= 0.3 is 0 Å². The number of hydrogen-bond acceptors (Lipinski definition) is 3. The highest BCUT2D eigenvalue weighted by atomic mass is 16.1.